The fourth-order valence-electron chi connectivity index (χ4n) is 3.83. The molecule has 12 heteroatoms. The van der Waals surface area contributed by atoms with E-state index in [-0.39, 0.29) is 27.2 Å². The zero-order valence-corrected chi connectivity index (χ0v) is 22.5. The van der Waals surface area contributed by atoms with E-state index in [2.05, 4.69) is 20.7 Å². The Hall–Kier alpha value is -3.02. The van der Waals surface area contributed by atoms with Crippen LogP contribution in [0.1, 0.15) is 17.3 Å². The van der Waals surface area contributed by atoms with Crippen molar-refractivity contribution in [3.05, 3.63) is 63.3 Å². The maximum atomic E-state index is 14.9. The highest BCUT2D eigenvalue weighted by atomic mass is 79.9. The van der Waals surface area contributed by atoms with Gasteiger partial charge in [-0.1, -0.05) is 11.6 Å². The summed E-state index contributed by atoms with van der Waals surface area (Å²) in [5, 5.41) is 10.5. The highest BCUT2D eigenvalue weighted by Gasteiger charge is 2.27. The van der Waals surface area contributed by atoms with Crippen LogP contribution in [0.2, 0.25) is 5.02 Å². The van der Waals surface area contributed by atoms with E-state index in [1.54, 1.807) is 25.1 Å². The summed E-state index contributed by atoms with van der Waals surface area (Å²) in [5.41, 5.74) is 0.263. The number of anilines is 1. The molecular formula is C24H21BrClFN2O6S. The Morgan fingerprint density at radius 2 is 1.94 bits per heavy atom. The first kappa shape index (κ1) is 26.1. The number of sulfonamides is 1. The molecule has 1 amide bonds. The number of benzene rings is 3. The number of carbonyl (C=O) groups is 1. The lowest BCUT2D eigenvalue weighted by molar-refractivity contribution is 0.0727. The van der Waals surface area contributed by atoms with Gasteiger partial charge < -0.3 is 19.5 Å². The molecule has 36 heavy (non-hydrogen) atoms. The number of halogens is 3. The van der Waals surface area contributed by atoms with Crippen molar-refractivity contribution in [1.29, 1.82) is 0 Å². The van der Waals surface area contributed by atoms with Crippen LogP contribution in [0.25, 0.3) is 11.1 Å². The van der Waals surface area contributed by atoms with Crippen LogP contribution in [-0.4, -0.2) is 51.1 Å². The third-order valence-electron chi connectivity index (χ3n) is 5.55. The average molecular weight is 600 g/mol. The van der Waals surface area contributed by atoms with Gasteiger partial charge in [-0.15, -0.1) is 0 Å². The Balaban J connectivity index is 1.99. The number of hydrogen-bond donors (Lipinski definition) is 2. The van der Waals surface area contributed by atoms with Crippen LogP contribution in [0.3, 0.4) is 0 Å². The van der Waals surface area contributed by atoms with Gasteiger partial charge in [-0.3, -0.25) is 9.52 Å². The highest BCUT2D eigenvalue weighted by Crippen LogP contribution is 2.41. The van der Waals surface area contributed by atoms with Gasteiger partial charge in [0, 0.05) is 23.7 Å². The van der Waals surface area contributed by atoms with Crippen molar-refractivity contribution in [2.45, 2.75) is 17.9 Å². The van der Waals surface area contributed by atoms with Crippen LogP contribution in [0, 0.1) is 5.82 Å². The topological polar surface area (TPSA) is 105 Å². The quantitative estimate of drug-likeness (QED) is 0.395. The number of nitrogens with one attached hydrogen (secondary N) is 1. The van der Waals surface area contributed by atoms with Crippen molar-refractivity contribution in [2.75, 3.05) is 25.4 Å². The Morgan fingerprint density at radius 1 is 1.22 bits per heavy atom. The van der Waals surface area contributed by atoms with Gasteiger partial charge in [0.15, 0.2) is 0 Å². The van der Waals surface area contributed by atoms with Gasteiger partial charge in [0.2, 0.25) is 0 Å². The van der Waals surface area contributed by atoms with Crippen molar-refractivity contribution in [2.24, 2.45) is 0 Å². The normalized spacial score (nSPS) is 17.2. The summed E-state index contributed by atoms with van der Waals surface area (Å²) in [4.78, 5) is 13.9. The van der Waals surface area contributed by atoms with Crippen LogP contribution in [-0.2, 0) is 10.0 Å². The molecule has 0 unspecified atom stereocenters. The standard InChI is InChI=1S/C24H21BrClFN2O6S/c1-12-11-29(2)24(31)13-6-17(25)23(30)22(7-13)36(32,33)28-20-9-15(18(26)10-19(20)27)16-8-14(34-3)4-5-21(16)35-12/h4-10,12,28,30H,11H2,1-3H3/t12-/m0/s1. The van der Waals surface area contributed by atoms with Gasteiger partial charge in [0.1, 0.15) is 34.1 Å². The van der Waals surface area contributed by atoms with E-state index < -0.39 is 44.2 Å². The third-order valence-corrected chi connectivity index (χ3v) is 7.84. The van der Waals surface area contributed by atoms with Crippen LogP contribution >= 0.6 is 27.5 Å². The number of rotatable bonds is 1. The molecule has 1 aliphatic rings. The number of fused-ring (bicyclic) bond motifs is 6. The number of amides is 1. The average Bonchev–Trinajstić information content (AvgIpc) is 2.81. The van der Waals surface area contributed by atoms with Gasteiger partial charge >= 0.3 is 0 Å². The van der Waals surface area contributed by atoms with Gasteiger partial charge in [-0.05, 0) is 65.3 Å². The minimum absolute atomic E-state index is 0.00500. The van der Waals surface area contributed by atoms with E-state index in [1.807, 2.05) is 0 Å². The predicted molar refractivity (Wildman–Crippen MR) is 137 cm³/mol. The van der Waals surface area contributed by atoms with E-state index in [9.17, 15) is 22.7 Å². The second kappa shape index (κ2) is 9.79. The Morgan fingerprint density at radius 3 is 2.64 bits per heavy atom. The first-order valence-electron chi connectivity index (χ1n) is 10.6. The Labute approximate surface area is 220 Å². The molecule has 4 bridgehead atoms. The fourth-order valence-corrected chi connectivity index (χ4v) is 5.87. The molecule has 3 aromatic carbocycles. The minimum atomic E-state index is -4.55. The third kappa shape index (κ3) is 4.95. The second-order valence-electron chi connectivity index (χ2n) is 8.20. The zero-order valence-electron chi connectivity index (χ0n) is 19.3. The van der Waals surface area contributed by atoms with Crippen LogP contribution in [0.15, 0.2) is 51.8 Å². The largest absolute Gasteiger partial charge is 0.505 e. The lowest BCUT2D eigenvalue weighted by atomic mass is 10.0. The lowest BCUT2D eigenvalue weighted by Gasteiger charge is -2.24. The Bertz CT molecular complexity index is 1480. The van der Waals surface area contributed by atoms with Crippen molar-refractivity contribution >= 4 is 49.1 Å². The van der Waals surface area contributed by atoms with E-state index in [1.165, 1.54) is 31.2 Å². The molecule has 190 valence electrons. The van der Waals surface area contributed by atoms with Gasteiger partial charge in [0.05, 0.1) is 28.8 Å². The molecule has 1 heterocycles. The molecule has 3 aromatic rings. The van der Waals surface area contributed by atoms with Gasteiger partial charge in [0.25, 0.3) is 15.9 Å². The summed E-state index contributed by atoms with van der Waals surface area (Å²) in [7, 11) is -1.53. The van der Waals surface area contributed by atoms with Gasteiger partial charge in [-0.25, -0.2) is 12.8 Å². The second-order valence-corrected chi connectivity index (χ2v) is 11.1. The molecule has 1 aliphatic heterocycles. The van der Waals surface area contributed by atoms with Gasteiger partial charge in [-0.2, -0.15) is 0 Å². The molecule has 8 nitrogen and oxygen atoms in total. The summed E-state index contributed by atoms with van der Waals surface area (Å²) in [5.74, 6) is -1.26. The van der Waals surface area contributed by atoms with Crippen molar-refractivity contribution in [3.8, 4) is 28.4 Å². The molecule has 1 atom stereocenters. The fraction of sp³-hybridized carbons (Fsp3) is 0.208. The number of ether oxygens (including phenoxy) is 2. The zero-order chi connectivity index (χ0) is 26.4. The number of carbonyl (C=O) groups excluding carboxylic acids is 1. The number of hydrogen-bond acceptors (Lipinski definition) is 6. The van der Waals surface area contributed by atoms with Crippen LogP contribution in [0.5, 0.6) is 17.2 Å². The number of methoxy groups -OCH3 is 1. The van der Waals surface area contributed by atoms with Crippen LogP contribution in [0.4, 0.5) is 10.1 Å². The predicted octanol–water partition coefficient (Wildman–Crippen LogP) is 5.28. The highest BCUT2D eigenvalue weighted by molar-refractivity contribution is 9.10. The molecule has 4 rings (SSSR count). The summed E-state index contributed by atoms with van der Waals surface area (Å²) >= 11 is 9.47. The summed E-state index contributed by atoms with van der Waals surface area (Å²) in [6.45, 7) is 1.91. The van der Waals surface area contributed by atoms with E-state index in [4.69, 9.17) is 21.1 Å². The molecular weight excluding hydrogens is 579 g/mol. The smallest absolute Gasteiger partial charge is 0.265 e. The monoisotopic (exact) mass is 598 g/mol. The van der Waals surface area contributed by atoms with Crippen molar-refractivity contribution < 1.29 is 32.2 Å². The lowest BCUT2D eigenvalue weighted by Crippen LogP contribution is -2.35. The molecule has 0 aromatic heterocycles. The number of phenolic OH excluding ortho intramolecular Hbond substituents is 1. The summed E-state index contributed by atoms with van der Waals surface area (Å²) in [6, 6.07) is 9.48. The molecule has 0 aliphatic carbocycles. The maximum absolute atomic E-state index is 14.9. The summed E-state index contributed by atoms with van der Waals surface area (Å²) in [6.07, 6.45) is -0.503. The molecule has 0 spiro atoms. The Kier molecular flexibility index (Phi) is 7.09. The number of phenols is 1. The van der Waals surface area contributed by atoms with Crippen LogP contribution < -0.4 is 14.2 Å². The molecule has 0 radical (unpaired) electrons. The van der Waals surface area contributed by atoms with E-state index >= 15 is 0 Å². The molecule has 0 fully saturated rings. The van der Waals surface area contributed by atoms with Crippen molar-refractivity contribution in [1.82, 2.24) is 4.90 Å². The van der Waals surface area contributed by atoms with E-state index in [0.717, 1.165) is 12.1 Å². The molecule has 0 saturated heterocycles. The molecule has 0 saturated carbocycles. The van der Waals surface area contributed by atoms with E-state index in [0.29, 0.717) is 17.1 Å². The summed E-state index contributed by atoms with van der Waals surface area (Å²) < 4.78 is 55.0. The number of likely N-dealkylation sites (N-methyl/N-ethyl adjacent to an activating group) is 1. The first-order valence-corrected chi connectivity index (χ1v) is 13.2. The first-order chi connectivity index (χ1) is 16.9. The number of aromatic hydroxyl groups is 1. The SMILES string of the molecule is COc1ccc2c(c1)-c1cc(c(F)cc1Cl)NS(=O)(=O)c1cc(cc(Br)c1O)C(=O)N(C)C[C@H](C)O2. The maximum Gasteiger partial charge on any atom is 0.265 e. The minimum Gasteiger partial charge on any atom is -0.505 e. The molecule has 2 N–H and O–H groups in total. The number of nitrogens with zero attached hydrogens (tertiary/aromatic N) is 1. The van der Waals surface area contributed by atoms with Crippen molar-refractivity contribution in [3.63, 3.8) is 0 Å².